The largest absolute Gasteiger partial charge is 0.396 e. The Hall–Kier alpha value is -0.120. The van der Waals surface area contributed by atoms with Gasteiger partial charge in [-0.2, -0.15) is 0 Å². The molecule has 0 radical (unpaired) electrons. The summed E-state index contributed by atoms with van der Waals surface area (Å²) in [5.74, 6) is -0.0229. The van der Waals surface area contributed by atoms with E-state index in [2.05, 4.69) is 27.7 Å². The first kappa shape index (κ1) is 29.9. The molecule has 30 heavy (non-hydrogen) atoms. The summed E-state index contributed by atoms with van der Waals surface area (Å²) in [7, 11) is 0. The van der Waals surface area contributed by atoms with Crippen LogP contribution in [0.5, 0.6) is 0 Å². The summed E-state index contributed by atoms with van der Waals surface area (Å²) in [6.07, 6.45) is 19.8. The normalized spacial score (nSPS) is 13.7. The van der Waals surface area contributed by atoms with Crippen molar-refractivity contribution in [3.8, 4) is 0 Å². The van der Waals surface area contributed by atoms with Gasteiger partial charge in [-0.25, -0.2) is 0 Å². The van der Waals surface area contributed by atoms with Gasteiger partial charge in [0.15, 0.2) is 0 Å². The minimum absolute atomic E-state index is 0.0153. The smallest absolute Gasteiger partial charge is 0.0518 e. The predicted octanol–water partition coefficient (Wildman–Crippen LogP) is 7.26. The van der Waals surface area contributed by atoms with Crippen molar-refractivity contribution in [1.29, 1.82) is 0 Å². The third-order valence-electron chi connectivity index (χ3n) is 7.97. The molecule has 0 heterocycles. The highest BCUT2D eigenvalue weighted by atomic mass is 16.3. The number of aliphatic hydroxyl groups excluding tert-OH is 3. The minimum Gasteiger partial charge on any atom is -0.396 e. The van der Waals surface area contributed by atoms with Crippen LogP contribution in [0.4, 0.5) is 0 Å². The zero-order chi connectivity index (χ0) is 22.7. The van der Waals surface area contributed by atoms with E-state index in [9.17, 15) is 15.3 Å². The summed E-state index contributed by atoms with van der Waals surface area (Å²) in [6, 6.07) is 0. The molecule has 3 heteroatoms. The molecule has 0 aromatic rings. The van der Waals surface area contributed by atoms with Crippen LogP contribution in [0.3, 0.4) is 0 Å². The summed E-state index contributed by atoms with van der Waals surface area (Å²) in [6.45, 7) is 8.98. The highest BCUT2D eigenvalue weighted by Crippen LogP contribution is 2.55. The summed E-state index contributed by atoms with van der Waals surface area (Å²) < 4.78 is 0. The van der Waals surface area contributed by atoms with Crippen molar-refractivity contribution in [3.05, 3.63) is 0 Å². The van der Waals surface area contributed by atoms with Gasteiger partial charge in [0, 0.05) is 12.0 Å². The van der Waals surface area contributed by atoms with Gasteiger partial charge in [0.1, 0.15) is 0 Å². The van der Waals surface area contributed by atoms with E-state index in [4.69, 9.17) is 0 Å². The average Bonchev–Trinajstić information content (AvgIpc) is 2.77. The van der Waals surface area contributed by atoms with Crippen molar-refractivity contribution in [2.75, 3.05) is 19.8 Å². The number of rotatable bonds is 22. The van der Waals surface area contributed by atoms with Gasteiger partial charge in [0.25, 0.3) is 0 Å². The van der Waals surface area contributed by atoms with Crippen LogP contribution in [0.1, 0.15) is 137 Å². The van der Waals surface area contributed by atoms with Crippen LogP contribution >= 0.6 is 0 Å². The summed E-state index contributed by atoms with van der Waals surface area (Å²) in [5.41, 5.74) is -0.672. The first-order chi connectivity index (χ1) is 14.6. The second kappa shape index (κ2) is 18.5. The van der Waals surface area contributed by atoms with Crippen LogP contribution in [0, 0.1) is 16.7 Å². The molecule has 0 saturated carbocycles. The number of hydrogen-bond acceptors (Lipinski definition) is 3. The van der Waals surface area contributed by atoms with Gasteiger partial charge >= 0.3 is 0 Å². The molecule has 0 aliphatic rings. The van der Waals surface area contributed by atoms with E-state index < -0.39 is 5.41 Å². The van der Waals surface area contributed by atoms with Crippen molar-refractivity contribution in [2.45, 2.75) is 137 Å². The Morgan fingerprint density at radius 3 is 1.37 bits per heavy atom. The Morgan fingerprint density at radius 2 is 1.00 bits per heavy atom. The fourth-order valence-corrected chi connectivity index (χ4v) is 5.72. The minimum atomic E-state index is -0.584. The van der Waals surface area contributed by atoms with Gasteiger partial charge in [0.05, 0.1) is 13.2 Å². The second-order valence-electron chi connectivity index (χ2n) is 9.81. The van der Waals surface area contributed by atoms with Crippen molar-refractivity contribution in [3.63, 3.8) is 0 Å². The van der Waals surface area contributed by atoms with E-state index in [0.29, 0.717) is 0 Å². The first-order valence-corrected chi connectivity index (χ1v) is 13.4. The van der Waals surface area contributed by atoms with Crippen molar-refractivity contribution in [1.82, 2.24) is 0 Å². The van der Waals surface area contributed by atoms with E-state index in [1.165, 1.54) is 51.4 Å². The van der Waals surface area contributed by atoms with Gasteiger partial charge in [-0.15, -0.1) is 0 Å². The molecule has 1 unspecified atom stereocenters. The lowest BCUT2D eigenvalue weighted by Crippen LogP contribution is -2.53. The van der Waals surface area contributed by atoms with E-state index in [0.717, 1.165) is 57.8 Å². The Bertz CT molecular complexity index is 351. The molecule has 0 aromatic carbocycles. The lowest BCUT2D eigenvalue weighted by Gasteiger charge is -2.53. The highest BCUT2D eigenvalue weighted by molar-refractivity contribution is 5.01. The third kappa shape index (κ3) is 9.17. The SMILES string of the molecule is CCCCCCCC(CC)(CCCCCCC)C(CO)(CO)C(CO)CCCCC. The maximum Gasteiger partial charge on any atom is 0.0518 e. The summed E-state index contributed by atoms with van der Waals surface area (Å²) >= 11 is 0. The molecule has 0 aliphatic carbocycles. The third-order valence-corrected chi connectivity index (χ3v) is 7.97. The maximum absolute atomic E-state index is 10.7. The van der Waals surface area contributed by atoms with Gasteiger partial charge in [-0.1, -0.05) is 111 Å². The van der Waals surface area contributed by atoms with Crippen LogP contribution in [0.2, 0.25) is 0 Å². The topological polar surface area (TPSA) is 60.7 Å². The Morgan fingerprint density at radius 1 is 0.567 bits per heavy atom. The molecule has 0 fully saturated rings. The van der Waals surface area contributed by atoms with Gasteiger partial charge < -0.3 is 15.3 Å². The monoisotopic (exact) mass is 428 g/mol. The second-order valence-corrected chi connectivity index (χ2v) is 9.81. The molecule has 182 valence electrons. The van der Waals surface area contributed by atoms with Crippen molar-refractivity contribution >= 4 is 0 Å². The van der Waals surface area contributed by atoms with Crippen molar-refractivity contribution < 1.29 is 15.3 Å². The molecule has 3 nitrogen and oxygen atoms in total. The first-order valence-electron chi connectivity index (χ1n) is 13.4. The predicted molar refractivity (Wildman–Crippen MR) is 131 cm³/mol. The zero-order valence-electron chi connectivity index (χ0n) is 21.1. The molecule has 3 N–H and O–H groups in total. The van der Waals surface area contributed by atoms with Crippen LogP contribution in [0.15, 0.2) is 0 Å². The maximum atomic E-state index is 10.7. The van der Waals surface area contributed by atoms with E-state index in [-0.39, 0.29) is 31.2 Å². The van der Waals surface area contributed by atoms with Crippen LogP contribution in [0.25, 0.3) is 0 Å². The molecule has 0 aromatic heterocycles. The number of hydrogen-bond donors (Lipinski definition) is 3. The Labute approximate surface area is 189 Å². The van der Waals surface area contributed by atoms with Gasteiger partial charge in [-0.3, -0.25) is 0 Å². The van der Waals surface area contributed by atoms with E-state index in [1.807, 2.05) is 0 Å². The van der Waals surface area contributed by atoms with Crippen LogP contribution in [-0.2, 0) is 0 Å². The van der Waals surface area contributed by atoms with Crippen molar-refractivity contribution in [2.24, 2.45) is 16.7 Å². The Balaban J connectivity index is 5.61. The van der Waals surface area contributed by atoms with E-state index in [1.54, 1.807) is 0 Å². The molecular formula is C27H56O3. The van der Waals surface area contributed by atoms with Crippen LogP contribution in [-0.4, -0.2) is 35.1 Å². The molecule has 0 saturated heterocycles. The Kier molecular flexibility index (Phi) is 18.4. The molecule has 0 bridgehead atoms. The quantitative estimate of drug-likeness (QED) is 0.159. The lowest BCUT2D eigenvalue weighted by molar-refractivity contribution is -0.129. The fraction of sp³-hybridized carbons (Fsp3) is 1.00. The average molecular weight is 429 g/mol. The van der Waals surface area contributed by atoms with Crippen LogP contribution < -0.4 is 0 Å². The van der Waals surface area contributed by atoms with E-state index >= 15 is 0 Å². The lowest BCUT2D eigenvalue weighted by atomic mass is 9.52. The summed E-state index contributed by atoms with van der Waals surface area (Å²) in [5, 5.41) is 31.8. The standard InChI is InChI=1S/C27H56O3/c1-5-9-12-14-17-20-26(8-4,21-18-15-13-10-6-2)27(23-29,24-30)25(22-28)19-16-11-7-3/h25,28-30H,5-24H2,1-4H3. The number of aliphatic hydroxyl groups is 3. The molecule has 0 amide bonds. The molecule has 1 atom stereocenters. The summed E-state index contributed by atoms with van der Waals surface area (Å²) in [4.78, 5) is 0. The zero-order valence-corrected chi connectivity index (χ0v) is 21.1. The molecular weight excluding hydrogens is 372 g/mol. The molecule has 0 aliphatic heterocycles. The molecule has 0 spiro atoms. The number of unbranched alkanes of at least 4 members (excludes halogenated alkanes) is 10. The molecule has 0 rings (SSSR count). The highest BCUT2D eigenvalue weighted by Gasteiger charge is 2.52. The van der Waals surface area contributed by atoms with Gasteiger partial charge in [0.2, 0.25) is 0 Å². The van der Waals surface area contributed by atoms with Gasteiger partial charge in [-0.05, 0) is 37.0 Å². The fourth-order valence-electron chi connectivity index (χ4n) is 5.72.